The topological polar surface area (TPSA) is 0 Å². The number of hydrogen-bond donors (Lipinski definition) is 0. The summed E-state index contributed by atoms with van der Waals surface area (Å²) >= 11 is 0. The van der Waals surface area contributed by atoms with Crippen molar-refractivity contribution in [2.24, 2.45) is 0 Å². The van der Waals surface area contributed by atoms with E-state index in [-0.39, 0.29) is 26.9 Å². The van der Waals surface area contributed by atoms with E-state index in [9.17, 15) is 26.3 Å². The first-order valence-electron chi connectivity index (χ1n) is 6.85. The smallest absolute Gasteiger partial charge is 0.136 e. The van der Waals surface area contributed by atoms with Gasteiger partial charge in [0.2, 0.25) is 0 Å². The van der Waals surface area contributed by atoms with Crippen LogP contribution in [0.5, 0.6) is 0 Å². The molecule has 0 amide bonds. The number of fused-ring (bicyclic) bond motifs is 5. The standard InChI is InChI=1S/C18H6F6/c19-8-1-7-2-12(21)17-10-3-9(20)5-14(23)18(10)15(24)6-11(17)16(7)13(22)4-8/h1-6H. The first kappa shape index (κ1) is 14.8. The normalized spacial score (nSPS) is 11.8. The van der Waals surface area contributed by atoms with Gasteiger partial charge in [-0.2, -0.15) is 0 Å². The Morgan fingerprint density at radius 1 is 0.417 bits per heavy atom. The highest BCUT2D eigenvalue weighted by Gasteiger charge is 2.19. The summed E-state index contributed by atoms with van der Waals surface area (Å²) in [7, 11) is 0. The Morgan fingerprint density at radius 2 is 0.917 bits per heavy atom. The molecule has 0 saturated heterocycles. The van der Waals surface area contributed by atoms with Gasteiger partial charge in [-0.1, -0.05) is 0 Å². The lowest BCUT2D eigenvalue weighted by atomic mass is 9.95. The summed E-state index contributed by atoms with van der Waals surface area (Å²) in [6.45, 7) is 0. The molecule has 0 aromatic heterocycles. The zero-order valence-corrected chi connectivity index (χ0v) is 11.7. The average Bonchev–Trinajstić information content (AvgIpc) is 2.44. The van der Waals surface area contributed by atoms with Crippen molar-refractivity contribution in [3.8, 4) is 0 Å². The van der Waals surface area contributed by atoms with Gasteiger partial charge in [-0.25, -0.2) is 26.3 Å². The van der Waals surface area contributed by atoms with Crippen LogP contribution in [0.1, 0.15) is 0 Å². The van der Waals surface area contributed by atoms with E-state index < -0.39 is 40.3 Å². The van der Waals surface area contributed by atoms with Crippen molar-refractivity contribution in [1.82, 2.24) is 0 Å². The van der Waals surface area contributed by atoms with Crippen LogP contribution in [0.3, 0.4) is 0 Å². The van der Waals surface area contributed by atoms with Crippen LogP contribution in [0.25, 0.3) is 32.3 Å². The van der Waals surface area contributed by atoms with Crippen molar-refractivity contribution in [1.29, 1.82) is 0 Å². The summed E-state index contributed by atoms with van der Waals surface area (Å²) in [5.41, 5.74) is 0. The van der Waals surface area contributed by atoms with Gasteiger partial charge in [-0.3, -0.25) is 0 Å². The molecule has 120 valence electrons. The zero-order chi connectivity index (χ0) is 17.2. The Morgan fingerprint density at radius 3 is 1.62 bits per heavy atom. The molecule has 0 aliphatic rings. The summed E-state index contributed by atoms with van der Waals surface area (Å²) in [5.74, 6) is -6.21. The molecule has 4 aromatic rings. The summed E-state index contributed by atoms with van der Waals surface area (Å²) in [6, 6.07) is 4.35. The molecule has 0 N–H and O–H groups in total. The van der Waals surface area contributed by atoms with Crippen LogP contribution < -0.4 is 0 Å². The van der Waals surface area contributed by atoms with Gasteiger partial charge in [0.15, 0.2) is 0 Å². The Balaban J connectivity index is 2.37. The predicted octanol–water partition coefficient (Wildman–Crippen LogP) is 5.98. The van der Waals surface area contributed by atoms with Gasteiger partial charge in [0.25, 0.3) is 0 Å². The fraction of sp³-hybridized carbons (Fsp3) is 0. The van der Waals surface area contributed by atoms with E-state index in [2.05, 4.69) is 0 Å². The summed E-state index contributed by atoms with van der Waals surface area (Å²) in [4.78, 5) is 0. The van der Waals surface area contributed by atoms with Gasteiger partial charge < -0.3 is 0 Å². The van der Waals surface area contributed by atoms with E-state index in [1.165, 1.54) is 0 Å². The minimum absolute atomic E-state index is 0.117. The van der Waals surface area contributed by atoms with Crippen LogP contribution in [0.4, 0.5) is 26.3 Å². The molecule has 0 unspecified atom stereocenters. The second kappa shape index (κ2) is 4.87. The fourth-order valence-corrected chi connectivity index (χ4v) is 3.08. The molecule has 0 fully saturated rings. The van der Waals surface area contributed by atoms with Crippen LogP contribution in [0, 0.1) is 34.9 Å². The maximum Gasteiger partial charge on any atom is 0.136 e. The van der Waals surface area contributed by atoms with E-state index in [1.54, 1.807) is 0 Å². The van der Waals surface area contributed by atoms with E-state index in [1.807, 2.05) is 0 Å². The van der Waals surface area contributed by atoms with Crippen LogP contribution in [-0.2, 0) is 0 Å². The lowest BCUT2D eigenvalue weighted by molar-refractivity contribution is 0.582. The number of halogens is 6. The van der Waals surface area contributed by atoms with Gasteiger partial charge >= 0.3 is 0 Å². The molecular formula is C18H6F6. The maximum atomic E-state index is 14.5. The van der Waals surface area contributed by atoms with E-state index in [4.69, 9.17) is 0 Å². The molecule has 6 heteroatoms. The largest absolute Gasteiger partial charge is 0.207 e. The quantitative estimate of drug-likeness (QED) is 0.274. The summed E-state index contributed by atoms with van der Waals surface area (Å²) < 4.78 is 83.7. The SMILES string of the molecule is Fc1cc(F)c2c(c1)cc(F)c1c3cc(F)cc(F)c3c(F)cc21. The molecule has 0 bridgehead atoms. The molecular weight excluding hydrogens is 330 g/mol. The molecule has 0 aliphatic heterocycles. The molecule has 4 aromatic carbocycles. The molecule has 0 atom stereocenters. The van der Waals surface area contributed by atoms with Crippen LogP contribution in [-0.4, -0.2) is 0 Å². The fourth-order valence-electron chi connectivity index (χ4n) is 3.08. The highest BCUT2D eigenvalue weighted by atomic mass is 19.2. The van der Waals surface area contributed by atoms with Gasteiger partial charge in [-0.05, 0) is 35.0 Å². The molecule has 0 heterocycles. The maximum absolute atomic E-state index is 14.5. The minimum Gasteiger partial charge on any atom is -0.207 e. The zero-order valence-electron chi connectivity index (χ0n) is 11.7. The van der Waals surface area contributed by atoms with Gasteiger partial charge in [0, 0.05) is 28.3 Å². The Kier molecular flexibility index (Phi) is 3.00. The predicted molar refractivity (Wildman–Crippen MR) is 78.7 cm³/mol. The van der Waals surface area contributed by atoms with Gasteiger partial charge in [0.05, 0.1) is 5.39 Å². The van der Waals surface area contributed by atoms with Gasteiger partial charge in [0.1, 0.15) is 34.9 Å². The van der Waals surface area contributed by atoms with Crippen LogP contribution in [0.15, 0.2) is 36.4 Å². The third kappa shape index (κ3) is 1.95. The van der Waals surface area contributed by atoms with E-state index >= 15 is 0 Å². The van der Waals surface area contributed by atoms with Crippen molar-refractivity contribution in [3.05, 3.63) is 71.3 Å². The Labute approximate surface area is 130 Å². The van der Waals surface area contributed by atoms with Crippen molar-refractivity contribution < 1.29 is 26.3 Å². The molecule has 4 rings (SSSR count). The lowest BCUT2D eigenvalue weighted by Crippen LogP contribution is -1.94. The van der Waals surface area contributed by atoms with Gasteiger partial charge in [-0.15, -0.1) is 0 Å². The van der Waals surface area contributed by atoms with Crippen molar-refractivity contribution in [3.63, 3.8) is 0 Å². The van der Waals surface area contributed by atoms with Crippen LogP contribution >= 0.6 is 0 Å². The van der Waals surface area contributed by atoms with Crippen molar-refractivity contribution >= 4 is 32.3 Å². The third-order valence-corrected chi connectivity index (χ3v) is 3.98. The average molecular weight is 336 g/mol. The van der Waals surface area contributed by atoms with Crippen LogP contribution in [0.2, 0.25) is 0 Å². The second-order valence-electron chi connectivity index (χ2n) is 5.44. The highest BCUT2D eigenvalue weighted by Crippen LogP contribution is 2.37. The first-order chi connectivity index (χ1) is 11.4. The highest BCUT2D eigenvalue weighted by molar-refractivity contribution is 6.17. The Hall–Kier alpha value is -2.76. The lowest BCUT2D eigenvalue weighted by Gasteiger charge is -2.11. The summed E-state index contributed by atoms with van der Waals surface area (Å²) in [5, 5.41) is -1.85. The monoisotopic (exact) mass is 336 g/mol. The van der Waals surface area contributed by atoms with Crippen molar-refractivity contribution in [2.45, 2.75) is 0 Å². The molecule has 24 heavy (non-hydrogen) atoms. The second-order valence-corrected chi connectivity index (χ2v) is 5.44. The minimum atomic E-state index is -1.19. The number of benzene rings is 4. The molecule has 0 nitrogen and oxygen atoms in total. The number of hydrogen-bond acceptors (Lipinski definition) is 0. The van der Waals surface area contributed by atoms with E-state index in [0.717, 1.165) is 24.3 Å². The Bertz CT molecular complexity index is 1160. The van der Waals surface area contributed by atoms with Crippen molar-refractivity contribution in [2.75, 3.05) is 0 Å². The van der Waals surface area contributed by atoms with E-state index in [0.29, 0.717) is 12.1 Å². The molecule has 0 aliphatic carbocycles. The first-order valence-corrected chi connectivity index (χ1v) is 6.85. The summed E-state index contributed by atoms with van der Waals surface area (Å²) in [6.07, 6.45) is 0. The molecule has 0 spiro atoms. The number of rotatable bonds is 0. The third-order valence-electron chi connectivity index (χ3n) is 3.98. The molecule has 0 saturated carbocycles. The molecule has 0 radical (unpaired) electrons.